The van der Waals surface area contributed by atoms with Gasteiger partial charge < -0.3 is 29.6 Å². The third kappa shape index (κ3) is 10.8. The summed E-state index contributed by atoms with van der Waals surface area (Å²) in [4.78, 5) is 47.6. The van der Waals surface area contributed by atoms with E-state index in [4.69, 9.17) is 18.9 Å². The number of rotatable bonds is 15. The molecule has 4 rings (SSSR count). The van der Waals surface area contributed by atoms with Gasteiger partial charge in [0.15, 0.2) is 0 Å². The molecule has 4 saturated carbocycles. The zero-order valence-corrected chi connectivity index (χ0v) is 27.1. The Hall–Kier alpha value is -3.04. The molecule has 5 unspecified atom stereocenters. The largest absolute Gasteiger partial charge is 0.462 e. The van der Waals surface area contributed by atoms with Crippen molar-refractivity contribution in [1.29, 1.82) is 0 Å². The lowest BCUT2D eigenvalue weighted by molar-refractivity contribution is -0.140. The van der Waals surface area contributed by atoms with E-state index >= 15 is 0 Å². The molecular formula is C35H54N2O8. The van der Waals surface area contributed by atoms with E-state index in [-0.39, 0.29) is 30.2 Å². The van der Waals surface area contributed by atoms with Gasteiger partial charge in [-0.25, -0.2) is 19.2 Å². The van der Waals surface area contributed by atoms with Crippen LogP contribution in [0.2, 0.25) is 0 Å². The first kappa shape index (κ1) is 34.8. The Morgan fingerprint density at radius 2 is 1.16 bits per heavy atom. The fourth-order valence-electron chi connectivity index (χ4n) is 8.32. The Labute approximate surface area is 268 Å². The van der Waals surface area contributed by atoms with E-state index in [2.05, 4.69) is 30.7 Å². The predicted molar refractivity (Wildman–Crippen MR) is 169 cm³/mol. The molecule has 45 heavy (non-hydrogen) atoms. The topological polar surface area (TPSA) is 129 Å². The lowest BCUT2D eigenvalue weighted by Crippen LogP contribution is -2.41. The summed E-state index contributed by atoms with van der Waals surface area (Å²) in [6.45, 7) is 11.3. The summed E-state index contributed by atoms with van der Waals surface area (Å²) in [5, 5.41) is 6.07. The van der Waals surface area contributed by atoms with E-state index in [1.54, 1.807) is 0 Å². The summed E-state index contributed by atoms with van der Waals surface area (Å²) < 4.78 is 21.5. The maximum Gasteiger partial charge on any atom is 0.407 e. The van der Waals surface area contributed by atoms with Crippen LogP contribution in [0.1, 0.15) is 84.0 Å². The van der Waals surface area contributed by atoms with Crippen molar-refractivity contribution in [3.05, 3.63) is 25.3 Å². The van der Waals surface area contributed by atoms with Crippen molar-refractivity contribution in [2.24, 2.45) is 47.3 Å². The van der Waals surface area contributed by atoms with Gasteiger partial charge in [-0.3, -0.25) is 0 Å². The average Bonchev–Trinajstić information content (AvgIpc) is 3.62. The molecule has 0 aromatic rings. The predicted octanol–water partition coefficient (Wildman–Crippen LogP) is 5.95. The number of fused-ring (bicyclic) bond motifs is 2. The zero-order chi connectivity index (χ0) is 32.2. The third-order valence-corrected chi connectivity index (χ3v) is 11.0. The third-order valence-electron chi connectivity index (χ3n) is 11.0. The number of amides is 2. The maximum absolute atomic E-state index is 12.6. The Balaban J connectivity index is 1.06. The molecular weight excluding hydrogens is 576 g/mol. The van der Waals surface area contributed by atoms with Crippen LogP contribution in [0.15, 0.2) is 25.3 Å². The fourth-order valence-corrected chi connectivity index (χ4v) is 8.32. The van der Waals surface area contributed by atoms with Gasteiger partial charge in [-0.1, -0.05) is 13.2 Å². The van der Waals surface area contributed by atoms with Crippen LogP contribution >= 0.6 is 0 Å². The van der Waals surface area contributed by atoms with Gasteiger partial charge >= 0.3 is 24.1 Å². The number of carbonyl (C=O) groups is 4. The Morgan fingerprint density at radius 3 is 1.64 bits per heavy atom. The monoisotopic (exact) mass is 630 g/mol. The Kier molecular flexibility index (Phi) is 13.6. The number of ether oxygens (including phenoxy) is 4. The fraction of sp³-hybridized carbons (Fsp3) is 0.771. The van der Waals surface area contributed by atoms with Crippen LogP contribution in [0.25, 0.3) is 0 Å². The minimum atomic E-state index is -0.377. The van der Waals surface area contributed by atoms with E-state index in [9.17, 15) is 19.2 Å². The van der Waals surface area contributed by atoms with Crippen LogP contribution in [0.5, 0.6) is 0 Å². The molecule has 0 saturated heterocycles. The lowest BCUT2D eigenvalue weighted by Gasteiger charge is -2.30. The molecule has 5 atom stereocenters. The summed E-state index contributed by atoms with van der Waals surface area (Å²) >= 11 is 0. The van der Waals surface area contributed by atoms with Crippen LogP contribution in [-0.2, 0) is 28.5 Å². The molecule has 0 heterocycles. The lowest BCUT2D eigenvalue weighted by atomic mass is 9.82. The molecule has 4 aliphatic rings. The second-order valence-electron chi connectivity index (χ2n) is 13.9. The zero-order valence-electron chi connectivity index (χ0n) is 27.1. The number of alkyl carbamates (subject to hydrolysis) is 2. The van der Waals surface area contributed by atoms with Gasteiger partial charge in [-0.05, 0) is 131 Å². The van der Waals surface area contributed by atoms with Crippen molar-refractivity contribution in [3.8, 4) is 0 Å². The smallest absolute Gasteiger partial charge is 0.407 e. The van der Waals surface area contributed by atoms with Crippen molar-refractivity contribution in [3.63, 3.8) is 0 Å². The van der Waals surface area contributed by atoms with E-state index < -0.39 is 0 Å². The molecule has 10 heteroatoms. The molecule has 4 fully saturated rings. The van der Waals surface area contributed by atoms with Crippen molar-refractivity contribution in [1.82, 2.24) is 10.6 Å². The first-order valence-electron chi connectivity index (χ1n) is 17.2. The molecule has 0 spiro atoms. The quantitative estimate of drug-likeness (QED) is 0.129. The molecule has 2 amide bonds. The van der Waals surface area contributed by atoms with E-state index in [1.165, 1.54) is 25.0 Å². The van der Waals surface area contributed by atoms with E-state index in [1.807, 2.05) is 0 Å². The van der Waals surface area contributed by atoms with Crippen molar-refractivity contribution < 1.29 is 38.1 Å². The van der Waals surface area contributed by atoms with Gasteiger partial charge in [0.05, 0.1) is 26.4 Å². The summed E-state index contributed by atoms with van der Waals surface area (Å²) in [6.07, 6.45) is 13.9. The standard InChI is InChI=1S/C35H54N2O8/c1-4-32(38)42-19-24-6-10-26(11-7-24)21-44-34(40)36-17-16-29-28-14-15-30(29)31(18-28)23(3)37-35(41)45-22-27-12-8-25(9-13-27)20-43-33(39)5-2/h4-5,23-31H,1-2,6-22H2,3H3,(H,36,40)(H,37,41). The normalized spacial score (nSPS) is 31.2. The second kappa shape index (κ2) is 17.6. The van der Waals surface area contributed by atoms with Crippen molar-refractivity contribution in [2.75, 3.05) is 33.0 Å². The minimum absolute atomic E-state index is 0.0487. The molecule has 2 bridgehead atoms. The van der Waals surface area contributed by atoms with Crippen LogP contribution in [-0.4, -0.2) is 63.1 Å². The average molecular weight is 631 g/mol. The highest BCUT2D eigenvalue weighted by Crippen LogP contribution is 2.55. The Morgan fingerprint density at radius 1 is 0.689 bits per heavy atom. The molecule has 10 nitrogen and oxygen atoms in total. The molecule has 2 N–H and O–H groups in total. The molecule has 0 aromatic heterocycles. The second-order valence-corrected chi connectivity index (χ2v) is 13.9. The first-order chi connectivity index (χ1) is 21.7. The minimum Gasteiger partial charge on any atom is -0.462 e. The van der Waals surface area contributed by atoms with Gasteiger partial charge in [-0.2, -0.15) is 0 Å². The molecule has 0 aromatic carbocycles. The summed E-state index contributed by atoms with van der Waals surface area (Å²) in [5.74, 6) is 2.85. The number of hydrogen-bond acceptors (Lipinski definition) is 8. The summed E-state index contributed by atoms with van der Waals surface area (Å²) in [5.41, 5.74) is 0. The maximum atomic E-state index is 12.6. The molecule has 4 aliphatic carbocycles. The highest BCUT2D eigenvalue weighted by molar-refractivity contribution is 5.81. The van der Waals surface area contributed by atoms with Crippen LogP contribution < -0.4 is 10.6 Å². The van der Waals surface area contributed by atoms with E-state index in [0.29, 0.717) is 80.3 Å². The Bertz CT molecular complexity index is 1020. The van der Waals surface area contributed by atoms with Crippen LogP contribution in [0, 0.1) is 47.3 Å². The van der Waals surface area contributed by atoms with Crippen LogP contribution in [0.3, 0.4) is 0 Å². The van der Waals surface area contributed by atoms with E-state index in [0.717, 1.165) is 64.2 Å². The molecule has 0 aliphatic heterocycles. The highest BCUT2D eigenvalue weighted by Gasteiger charge is 2.49. The first-order valence-corrected chi connectivity index (χ1v) is 17.2. The number of hydrogen-bond donors (Lipinski definition) is 2. The van der Waals surface area contributed by atoms with Gasteiger partial charge in [0.25, 0.3) is 0 Å². The van der Waals surface area contributed by atoms with Crippen molar-refractivity contribution >= 4 is 24.1 Å². The number of esters is 2. The van der Waals surface area contributed by atoms with Gasteiger partial charge in [0, 0.05) is 24.7 Å². The van der Waals surface area contributed by atoms with Gasteiger partial charge in [0.1, 0.15) is 0 Å². The summed E-state index contributed by atoms with van der Waals surface area (Å²) in [6, 6.07) is 0.0487. The van der Waals surface area contributed by atoms with Crippen LogP contribution in [0.4, 0.5) is 9.59 Å². The molecule has 0 radical (unpaired) electrons. The van der Waals surface area contributed by atoms with Gasteiger partial charge in [-0.15, -0.1) is 0 Å². The van der Waals surface area contributed by atoms with Gasteiger partial charge in [0.2, 0.25) is 0 Å². The highest BCUT2D eigenvalue weighted by atomic mass is 16.6. The summed E-state index contributed by atoms with van der Waals surface area (Å²) in [7, 11) is 0. The number of carbonyl (C=O) groups excluding carboxylic acids is 4. The number of nitrogens with one attached hydrogen (secondary N) is 2. The van der Waals surface area contributed by atoms with Crippen molar-refractivity contribution in [2.45, 2.75) is 90.0 Å². The molecule has 252 valence electrons. The SMILES string of the molecule is C=CC(=O)OCC1CCC(COC(=O)NCCC2C3CCC2C(C(C)NC(=O)OCC2CCC(COC(=O)C=C)CC2)C3)CC1.